The predicted molar refractivity (Wildman–Crippen MR) is 67.6 cm³/mol. The van der Waals surface area contributed by atoms with Crippen molar-refractivity contribution in [2.45, 2.75) is 25.4 Å². The summed E-state index contributed by atoms with van der Waals surface area (Å²) >= 11 is 0. The van der Waals surface area contributed by atoms with Gasteiger partial charge >= 0.3 is 0 Å². The molecule has 3 heteroatoms. The second-order valence-corrected chi connectivity index (χ2v) is 4.82. The molecule has 0 bridgehead atoms. The number of carbonyl (C=O) groups is 1. The van der Waals surface area contributed by atoms with Crippen LogP contribution in [0.5, 0.6) is 5.75 Å². The largest absolute Gasteiger partial charge is 0.490 e. The quantitative estimate of drug-likeness (QED) is 0.706. The third-order valence-corrected chi connectivity index (χ3v) is 2.77. The highest BCUT2D eigenvalue weighted by Crippen LogP contribution is 2.27. The zero-order valence-electron chi connectivity index (χ0n) is 10.5. The van der Waals surface area contributed by atoms with E-state index in [0.29, 0.717) is 12.5 Å². The summed E-state index contributed by atoms with van der Waals surface area (Å²) in [6.45, 7) is 0.784. The number of hydrogen-bond acceptors (Lipinski definition) is 3. The van der Waals surface area contributed by atoms with Gasteiger partial charge in [0, 0.05) is 18.5 Å². The van der Waals surface area contributed by atoms with Gasteiger partial charge in [-0.3, -0.25) is 4.79 Å². The third kappa shape index (κ3) is 3.86. The highest BCUT2D eigenvalue weighted by Gasteiger charge is 2.23. The Balaban J connectivity index is 1.96. The molecule has 2 rings (SSSR count). The van der Waals surface area contributed by atoms with Gasteiger partial charge in [-0.15, -0.1) is 0 Å². The summed E-state index contributed by atoms with van der Waals surface area (Å²) < 4.78 is 5.68. The SMILES string of the molecule is CN(C)CCC(=O)c1cccc(OC2CC2)c1. The molecule has 1 aliphatic carbocycles. The Hall–Kier alpha value is -1.35. The molecule has 0 N–H and O–H groups in total. The van der Waals surface area contributed by atoms with Crippen molar-refractivity contribution in [1.29, 1.82) is 0 Å². The molecule has 3 nitrogen and oxygen atoms in total. The van der Waals surface area contributed by atoms with Gasteiger partial charge in [-0.2, -0.15) is 0 Å². The first-order valence-electron chi connectivity index (χ1n) is 6.10. The molecule has 0 heterocycles. The van der Waals surface area contributed by atoms with Crippen LogP contribution in [0.15, 0.2) is 24.3 Å². The van der Waals surface area contributed by atoms with Crippen LogP contribution >= 0.6 is 0 Å². The Morgan fingerprint density at radius 1 is 1.41 bits per heavy atom. The molecule has 0 radical (unpaired) electrons. The molecule has 0 atom stereocenters. The van der Waals surface area contributed by atoms with Crippen molar-refractivity contribution in [3.05, 3.63) is 29.8 Å². The van der Waals surface area contributed by atoms with E-state index in [9.17, 15) is 4.79 Å². The van der Waals surface area contributed by atoms with Gasteiger partial charge in [0.1, 0.15) is 5.75 Å². The fraction of sp³-hybridized carbons (Fsp3) is 0.500. The second-order valence-electron chi connectivity index (χ2n) is 4.82. The Morgan fingerprint density at radius 3 is 2.82 bits per heavy atom. The average molecular weight is 233 g/mol. The number of ether oxygens (including phenoxy) is 1. The monoisotopic (exact) mass is 233 g/mol. The highest BCUT2D eigenvalue weighted by atomic mass is 16.5. The standard InChI is InChI=1S/C14H19NO2/c1-15(2)9-8-14(16)11-4-3-5-13(10-11)17-12-6-7-12/h3-5,10,12H,6-9H2,1-2H3. The van der Waals surface area contributed by atoms with Gasteiger partial charge in [-0.25, -0.2) is 0 Å². The van der Waals surface area contributed by atoms with Crippen LogP contribution in [-0.4, -0.2) is 37.4 Å². The van der Waals surface area contributed by atoms with Crippen LogP contribution in [0.3, 0.4) is 0 Å². The molecule has 1 aromatic rings. The van der Waals surface area contributed by atoms with Crippen LogP contribution in [-0.2, 0) is 0 Å². The summed E-state index contributed by atoms with van der Waals surface area (Å²) in [5.74, 6) is 1.00. The minimum atomic E-state index is 0.181. The average Bonchev–Trinajstić information content (AvgIpc) is 3.10. The van der Waals surface area contributed by atoms with Crippen molar-refractivity contribution in [2.75, 3.05) is 20.6 Å². The van der Waals surface area contributed by atoms with Crippen molar-refractivity contribution in [3.63, 3.8) is 0 Å². The molecule has 0 saturated heterocycles. The molecule has 0 amide bonds. The first-order valence-corrected chi connectivity index (χ1v) is 6.10. The molecule has 17 heavy (non-hydrogen) atoms. The minimum absolute atomic E-state index is 0.181. The van der Waals surface area contributed by atoms with E-state index in [1.165, 1.54) is 0 Å². The van der Waals surface area contributed by atoms with E-state index in [1.54, 1.807) is 0 Å². The molecule has 0 spiro atoms. The Morgan fingerprint density at radius 2 is 2.18 bits per heavy atom. The topological polar surface area (TPSA) is 29.5 Å². The summed E-state index contributed by atoms with van der Waals surface area (Å²) in [5.41, 5.74) is 0.755. The number of benzene rings is 1. The summed E-state index contributed by atoms with van der Waals surface area (Å²) in [4.78, 5) is 13.9. The molecule has 1 aliphatic rings. The lowest BCUT2D eigenvalue weighted by Gasteiger charge is -2.09. The van der Waals surface area contributed by atoms with Crippen molar-refractivity contribution in [1.82, 2.24) is 4.90 Å². The molecule has 1 aromatic carbocycles. The number of rotatable bonds is 6. The fourth-order valence-electron chi connectivity index (χ4n) is 1.59. The number of hydrogen-bond donors (Lipinski definition) is 0. The summed E-state index contributed by atoms with van der Waals surface area (Å²) in [6, 6.07) is 7.52. The van der Waals surface area contributed by atoms with Gasteiger partial charge in [0.25, 0.3) is 0 Å². The molecule has 0 aromatic heterocycles. The number of Topliss-reactive ketones (excluding diaryl/α,β-unsaturated/α-hetero) is 1. The molecular weight excluding hydrogens is 214 g/mol. The van der Waals surface area contributed by atoms with Gasteiger partial charge in [-0.1, -0.05) is 12.1 Å². The van der Waals surface area contributed by atoms with E-state index in [2.05, 4.69) is 0 Å². The molecule has 0 aliphatic heterocycles. The third-order valence-electron chi connectivity index (χ3n) is 2.77. The van der Waals surface area contributed by atoms with Gasteiger partial charge in [-0.05, 0) is 39.1 Å². The van der Waals surface area contributed by atoms with E-state index in [0.717, 1.165) is 30.7 Å². The van der Waals surface area contributed by atoms with Crippen molar-refractivity contribution < 1.29 is 9.53 Å². The lowest BCUT2D eigenvalue weighted by molar-refractivity contribution is 0.0972. The van der Waals surface area contributed by atoms with E-state index >= 15 is 0 Å². The summed E-state index contributed by atoms with van der Waals surface area (Å²) in [5, 5.41) is 0. The van der Waals surface area contributed by atoms with Crippen molar-refractivity contribution in [3.8, 4) is 5.75 Å². The molecule has 0 unspecified atom stereocenters. The maximum atomic E-state index is 11.9. The van der Waals surface area contributed by atoms with Crippen LogP contribution in [0.2, 0.25) is 0 Å². The van der Waals surface area contributed by atoms with Gasteiger partial charge < -0.3 is 9.64 Å². The Bertz CT molecular complexity index is 397. The van der Waals surface area contributed by atoms with Gasteiger partial charge in [0.05, 0.1) is 6.10 Å². The van der Waals surface area contributed by atoms with E-state index < -0.39 is 0 Å². The number of nitrogens with zero attached hydrogens (tertiary/aromatic N) is 1. The van der Waals surface area contributed by atoms with E-state index in [1.807, 2.05) is 43.3 Å². The molecule has 92 valence electrons. The van der Waals surface area contributed by atoms with Crippen molar-refractivity contribution in [2.24, 2.45) is 0 Å². The van der Waals surface area contributed by atoms with Crippen molar-refractivity contribution >= 4 is 5.78 Å². The molecule has 1 fully saturated rings. The normalized spacial score (nSPS) is 15.0. The predicted octanol–water partition coefficient (Wildman–Crippen LogP) is 2.36. The Labute approximate surface area is 102 Å². The zero-order valence-corrected chi connectivity index (χ0v) is 10.5. The fourth-order valence-corrected chi connectivity index (χ4v) is 1.59. The Kier molecular flexibility index (Phi) is 3.79. The maximum absolute atomic E-state index is 11.9. The smallest absolute Gasteiger partial charge is 0.164 e. The van der Waals surface area contributed by atoms with Crippen LogP contribution in [0.1, 0.15) is 29.6 Å². The first kappa shape index (κ1) is 12.1. The van der Waals surface area contributed by atoms with E-state index in [4.69, 9.17) is 4.74 Å². The van der Waals surface area contributed by atoms with Crippen LogP contribution in [0.25, 0.3) is 0 Å². The first-order chi connectivity index (χ1) is 8.15. The minimum Gasteiger partial charge on any atom is -0.490 e. The van der Waals surface area contributed by atoms with Crippen LogP contribution in [0, 0.1) is 0 Å². The number of carbonyl (C=O) groups excluding carboxylic acids is 1. The lowest BCUT2D eigenvalue weighted by Crippen LogP contribution is -2.16. The zero-order chi connectivity index (χ0) is 12.3. The number of ketones is 1. The molecular formula is C14H19NO2. The summed E-state index contributed by atoms with van der Waals surface area (Å²) in [6.07, 6.45) is 3.21. The second kappa shape index (κ2) is 5.32. The molecule has 1 saturated carbocycles. The van der Waals surface area contributed by atoms with E-state index in [-0.39, 0.29) is 5.78 Å². The lowest BCUT2D eigenvalue weighted by atomic mass is 10.1. The maximum Gasteiger partial charge on any atom is 0.164 e. The van der Waals surface area contributed by atoms with Crippen LogP contribution in [0.4, 0.5) is 0 Å². The van der Waals surface area contributed by atoms with Crippen LogP contribution < -0.4 is 4.74 Å². The van der Waals surface area contributed by atoms with Gasteiger partial charge in [0.15, 0.2) is 5.78 Å². The summed E-state index contributed by atoms with van der Waals surface area (Å²) in [7, 11) is 3.94. The van der Waals surface area contributed by atoms with Gasteiger partial charge in [0.2, 0.25) is 0 Å². The highest BCUT2D eigenvalue weighted by molar-refractivity contribution is 5.96.